The third kappa shape index (κ3) is 2.61. The number of ether oxygens (including phenoxy) is 1. The molecule has 1 aromatic rings. The lowest BCUT2D eigenvalue weighted by Crippen LogP contribution is -2.39. The van der Waals surface area contributed by atoms with Crippen LogP contribution in [-0.2, 0) is 15.7 Å². The lowest BCUT2D eigenvalue weighted by atomic mass is 10.0. The maximum atomic E-state index is 13.5. The first-order valence-corrected chi connectivity index (χ1v) is 5.13. The maximum Gasteiger partial charge on any atom is 0.416 e. The number of carbonyl (C=O) groups is 1. The molecule has 1 aliphatic heterocycles. The molecule has 0 radical (unpaired) electrons. The van der Waals surface area contributed by atoms with Crippen molar-refractivity contribution in [3.8, 4) is 0 Å². The molecule has 1 N–H and O–H groups in total. The molecule has 1 fully saturated rings. The minimum Gasteiger partial charge on any atom is -0.362 e. The SMILES string of the molecule is O=C1CO[C@H](c2cc(C(F)(F)F)ccc2F)CN1. The number of rotatable bonds is 1. The Morgan fingerprint density at radius 3 is 2.61 bits per heavy atom. The van der Waals surface area contributed by atoms with Crippen LogP contribution in [0.15, 0.2) is 18.2 Å². The molecule has 3 nitrogen and oxygen atoms in total. The zero-order valence-electron chi connectivity index (χ0n) is 9.05. The van der Waals surface area contributed by atoms with Crippen LogP contribution in [0.4, 0.5) is 17.6 Å². The minimum absolute atomic E-state index is 0.0446. The zero-order chi connectivity index (χ0) is 13.3. The molecule has 7 heteroatoms. The lowest BCUT2D eigenvalue weighted by Gasteiger charge is -2.24. The molecule has 0 spiro atoms. The van der Waals surface area contributed by atoms with Gasteiger partial charge in [0.05, 0.1) is 5.56 Å². The molecule has 1 saturated heterocycles. The molecule has 0 aliphatic carbocycles. The van der Waals surface area contributed by atoms with Crippen molar-refractivity contribution in [3.05, 3.63) is 35.1 Å². The van der Waals surface area contributed by atoms with Crippen LogP contribution in [-0.4, -0.2) is 19.1 Å². The van der Waals surface area contributed by atoms with Crippen molar-refractivity contribution in [1.82, 2.24) is 5.32 Å². The van der Waals surface area contributed by atoms with Gasteiger partial charge >= 0.3 is 6.18 Å². The fourth-order valence-corrected chi connectivity index (χ4v) is 1.66. The van der Waals surface area contributed by atoms with E-state index in [9.17, 15) is 22.4 Å². The second-order valence-electron chi connectivity index (χ2n) is 3.84. The number of morpholine rings is 1. The fraction of sp³-hybridized carbons (Fsp3) is 0.364. The summed E-state index contributed by atoms with van der Waals surface area (Å²) in [6, 6.07) is 2.12. The quantitative estimate of drug-likeness (QED) is 0.787. The first-order chi connectivity index (χ1) is 8.38. The van der Waals surface area contributed by atoms with Crippen LogP contribution < -0.4 is 5.32 Å². The third-order valence-electron chi connectivity index (χ3n) is 2.57. The fourth-order valence-electron chi connectivity index (χ4n) is 1.66. The maximum absolute atomic E-state index is 13.5. The number of carbonyl (C=O) groups excluding carboxylic acids is 1. The van der Waals surface area contributed by atoms with Gasteiger partial charge in [0.25, 0.3) is 0 Å². The van der Waals surface area contributed by atoms with Crippen LogP contribution in [0.25, 0.3) is 0 Å². The monoisotopic (exact) mass is 263 g/mol. The normalized spacial score (nSPS) is 20.7. The molecule has 1 atom stereocenters. The summed E-state index contributed by atoms with van der Waals surface area (Å²) in [4.78, 5) is 10.8. The Morgan fingerprint density at radius 1 is 1.33 bits per heavy atom. The van der Waals surface area contributed by atoms with Gasteiger partial charge in [0.2, 0.25) is 5.91 Å². The van der Waals surface area contributed by atoms with E-state index in [1.807, 2.05) is 0 Å². The van der Waals surface area contributed by atoms with Gasteiger partial charge in [0, 0.05) is 12.1 Å². The van der Waals surface area contributed by atoms with Crippen molar-refractivity contribution in [2.45, 2.75) is 12.3 Å². The van der Waals surface area contributed by atoms with Crippen molar-refractivity contribution < 1.29 is 27.1 Å². The molecular weight excluding hydrogens is 254 g/mol. The van der Waals surface area contributed by atoms with Gasteiger partial charge in [-0.05, 0) is 18.2 Å². The van der Waals surface area contributed by atoms with Gasteiger partial charge in [-0.1, -0.05) is 0 Å². The third-order valence-corrected chi connectivity index (χ3v) is 2.57. The summed E-state index contributed by atoms with van der Waals surface area (Å²) in [5.41, 5.74) is -1.15. The van der Waals surface area contributed by atoms with Crippen molar-refractivity contribution in [2.24, 2.45) is 0 Å². The molecule has 0 unspecified atom stereocenters. The molecular formula is C11H9F4NO2. The van der Waals surface area contributed by atoms with E-state index in [0.717, 1.165) is 6.07 Å². The number of hydrogen-bond donors (Lipinski definition) is 1. The van der Waals surface area contributed by atoms with Gasteiger partial charge in [-0.25, -0.2) is 4.39 Å². The van der Waals surface area contributed by atoms with Crippen molar-refractivity contribution >= 4 is 5.91 Å². The molecule has 1 aliphatic rings. The lowest BCUT2D eigenvalue weighted by molar-refractivity contribution is -0.138. The van der Waals surface area contributed by atoms with E-state index >= 15 is 0 Å². The van der Waals surface area contributed by atoms with Crippen molar-refractivity contribution in [1.29, 1.82) is 0 Å². The number of halogens is 4. The van der Waals surface area contributed by atoms with E-state index in [4.69, 9.17) is 4.74 Å². The number of nitrogens with one attached hydrogen (secondary N) is 1. The average molecular weight is 263 g/mol. The summed E-state index contributed by atoms with van der Waals surface area (Å²) >= 11 is 0. The second-order valence-corrected chi connectivity index (χ2v) is 3.84. The Kier molecular flexibility index (Phi) is 3.25. The zero-order valence-corrected chi connectivity index (χ0v) is 9.05. The number of amides is 1. The molecule has 1 heterocycles. The van der Waals surface area contributed by atoms with Gasteiger partial charge in [-0.2, -0.15) is 13.2 Å². The Balaban J connectivity index is 2.29. The molecule has 0 saturated carbocycles. The summed E-state index contributed by atoms with van der Waals surface area (Å²) in [7, 11) is 0. The summed E-state index contributed by atoms with van der Waals surface area (Å²) in [6.45, 7) is -0.336. The highest BCUT2D eigenvalue weighted by atomic mass is 19.4. The van der Waals surface area contributed by atoms with E-state index < -0.39 is 23.7 Å². The molecule has 1 amide bonds. The van der Waals surface area contributed by atoms with E-state index in [1.165, 1.54) is 0 Å². The predicted octanol–water partition coefficient (Wildman–Crippen LogP) is 2.03. The molecule has 98 valence electrons. The topological polar surface area (TPSA) is 38.3 Å². The van der Waals surface area contributed by atoms with Crippen molar-refractivity contribution in [3.63, 3.8) is 0 Å². The average Bonchev–Trinajstić information content (AvgIpc) is 2.29. The largest absolute Gasteiger partial charge is 0.416 e. The van der Waals surface area contributed by atoms with Crippen LogP contribution in [0, 0.1) is 5.82 Å². The van der Waals surface area contributed by atoms with E-state index in [-0.39, 0.29) is 24.6 Å². The number of alkyl halides is 3. The van der Waals surface area contributed by atoms with E-state index in [0.29, 0.717) is 12.1 Å². The first kappa shape index (κ1) is 12.8. The Morgan fingerprint density at radius 2 is 2.06 bits per heavy atom. The second kappa shape index (κ2) is 4.56. The van der Waals surface area contributed by atoms with E-state index in [1.54, 1.807) is 0 Å². The molecule has 1 aromatic carbocycles. The van der Waals surface area contributed by atoms with Crippen LogP contribution >= 0.6 is 0 Å². The standard InChI is InChI=1S/C11H9F4NO2/c12-8-2-1-6(11(13,14)15)3-7(8)9-4-16-10(17)5-18-9/h1-3,9H,4-5H2,(H,16,17)/t9-/m0/s1. The van der Waals surface area contributed by atoms with Crippen LogP contribution in [0.2, 0.25) is 0 Å². The first-order valence-electron chi connectivity index (χ1n) is 5.13. The molecule has 0 bridgehead atoms. The van der Waals surface area contributed by atoms with Gasteiger partial charge in [-0.15, -0.1) is 0 Å². The molecule has 18 heavy (non-hydrogen) atoms. The summed E-state index contributed by atoms with van der Waals surface area (Å²) in [6.07, 6.45) is -5.44. The Bertz CT molecular complexity index is 463. The van der Waals surface area contributed by atoms with E-state index in [2.05, 4.69) is 5.32 Å². The smallest absolute Gasteiger partial charge is 0.362 e. The van der Waals surface area contributed by atoms with Gasteiger partial charge < -0.3 is 10.1 Å². The number of benzene rings is 1. The Labute approximate surface area is 99.7 Å². The summed E-state index contributed by atoms with van der Waals surface area (Å²) in [5, 5.41) is 2.40. The van der Waals surface area contributed by atoms with Crippen LogP contribution in [0.5, 0.6) is 0 Å². The highest BCUT2D eigenvalue weighted by Gasteiger charge is 2.32. The summed E-state index contributed by atoms with van der Waals surface area (Å²) < 4.78 is 56.0. The summed E-state index contributed by atoms with van der Waals surface area (Å²) in [5.74, 6) is -1.16. The van der Waals surface area contributed by atoms with Crippen LogP contribution in [0.3, 0.4) is 0 Å². The van der Waals surface area contributed by atoms with Crippen molar-refractivity contribution in [2.75, 3.05) is 13.2 Å². The predicted molar refractivity (Wildman–Crippen MR) is 53.1 cm³/mol. The number of hydrogen-bond acceptors (Lipinski definition) is 2. The highest BCUT2D eigenvalue weighted by Crippen LogP contribution is 2.32. The van der Waals surface area contributed by atoms with Gasteiger partial charge in [0.1, 0.15) is 18.5 Å². The van der Waals surface area contributed by atoms with Crippen LogP contribution in [0.1, 0.15) is 17.2 Å². The highest BCUT2D eigenvalue weighted by molar-refractivity contribution is 5.77. The minimum atomic E-state index is -4.54. The van der Waals surface area contributed by atoms with Gasteiger partial charge in [-0.3, -0.25) is 4.79 Å². The van der Waals surface area contributed by atoms with Gasteiger partial charge in [0.15, 0.2) is 0 Å². The molecule has 0 aromatic heterocycles. The Hall–Kier alpha value is -1.63. The molecule has 2 rings (SSSR count).